The van der Waals surface area contributed by atoms with Crippen molar-refractivity contribution >= 4 is 11.8 Å². The maximum atomic E-state index is 13.1. The smallest absolute Gasteiger partial charge is 0.303 e. The molecule has 3 heteroatoms. The number of aryl methyl sites for hydroxylation is 1. The molecule has 2 aromatic rings. The van der Waals surface area contributed by atoms with E-state index in [1.165, 1.54) is 5.56 Å². The first-order valence-corrected chi connectivity index (χ1v) is 9.44. The van der Waals surface area contributed by atoms with Crippen LogP contribution in [0.15, 0.2) is 48.5 Å². The van der Waals surface area contributed by atoms with Gasteiger partial charge in [0, 0.05) is 17.4 Å². The quantitative estimate of drug-likeness (QED) is 0.669. The Morgan fingerprint density at radius 2 is 1.81 bits per heavy atom. The molecule has 3 nitrogen and oxygen atoms in total. The van der Waals surface area contributed by atoms with Crippen molar-refractivity contribution in [2.24, 2.45) is 5.41 Å². The standard InChI is InChI=1S/C23H26O3/c1-23(14-7-3-6-10-21(24)25)15-13-19-16-18(11-12-20(19)22(23)26)17-8-4-2-5-9-17/h2,4-5,8-9,11-12,16H,3,6-7,10,13-15H2,1H3,(H,24,25). The first-order chi connectivity index (χ1) is 12.5. The first kappa shape index (κ1) is 18.4. The van der Waals surface area contributed by atoms with Crippen molar-refractivity contribution in [1.82, 2.24) is 0 Å². The first-order valence-electron chi connectivity index (χ1n) is 9.44. The molecule has 2 aromatic carbocycles. The Kier molecular flexibility index (Phi) is 5.55. The number of benzene rings is 2. The highest BCUT2D eigenvalue weighted by atomic mass is 16.4. The number of unbranched alkanes of at least 4 members (excludes halogenated alkanes) is 2. The van der Waals surface area contributed by atoms with E-state index in [1.807, 2.05) is 30.3 Å². The maximum absolute atomic E-state index is 13.1. The van der Waals surface area contributed by atoms with Gasteiger partial charge in [0.1, 0.15) is 0 Å². The van der Waals surface area contributed by atoms with Crippen molar-refractivity contribution in [3.63, 3.8) is 0 Å². The van der Waals surface area contributed by atoms with E-state index < -0.39 is 5.97 Å². The van der Waals surface area contributed by atoms with Gasteiger partial charge in [0.05, 0.1) is 0 Å². The zero-order valence-electron chi connectivity index (χ0n) is 15.3. The second-order valence-corrected chi connectivity index (χ2v) is 7.58. The Labute approximate surface area is 155 Å². The fourth-order valence-electron chi connectivity index (χ4n) is 3.89. The SMILES string of the molecule is CC1(CCCCCC(=O)O)CCc2cc(-c3ccccc3)ccc2C1=O. The van der Waals surface area contributed by atoms with E-state index in [0.717, 1.165) is 48.8 Å². The number of rotatable bonds is 7. The average Bonchev–Trinajstić information content (AvgIpc) is 2.65. The number of hydrogen-bond donors (Lipinski definition) is 1. The van der Waals surface area contributed by atoms with E-state index in [9.17, 15) is 9.59 Å². The van der Waals surface area contributed by atoms with Crippen LogP contribution in [-0.4, -0.2) is 16.9 Å². The summed E-state index contributed by atoms with van der Waals surface area (Å²) in [6.45, 7) is 2.07. The number of aliphatic carboxylic acids is 1. The van der Waals surface area contributed by atoms with Crippen LogP contribution in [0.5, 0.6) is 0 Å². The van der Waals surface area contributed by atoms with Crippen molar-refractivity contribution in [3.05, 3.63) is 59.7 Å². The summed E-state index contributed by atoms with van der Waals surface area (Å²) in [6, 6.07) is 16.4. The summed E-state index contributed by atoms with van der Waals surface area (Å²) in [6.07, 6.45) is 5.32. The Bertz CT molecular complexity index is 794. The van der Waals surface area contributed by atoms with E-state index in [1.54, 1.807) is 0 Å². The van der Waals surface area contributed by atoms with Crippen molar-refractivity contribution in [2.45, 2.75) is 51.9 Å². The van der Waals surface area contributed by atoms with E-state index in [0.29, 0.717) is 6.42 Å². The summed E-state index contributed by atoms with van der Waals surface area (Å²) >= 11 is 0. The Balaban J connectivity index is 1.69. The predicted octanol–water partition coefficient (Wildman–Crippen LogP) is 5.52. The summed E-state index contributed by atoms with van der Waals surface area (Å²) in [7, 11) is 0. The summed E-state index contributed by atoms with van der Waals surface area (Å²) in [4.78, 5) is 23.7. The third kappa shape index (κ3) is 4.04. The molecule has 136 valence electrons. The molecule has 3 rings (SSSR count). The highest BCUT2D eigenvalue weighted by molar-refractivity contribution is 6.03. The largest absolute Gasteiger partial charge is 0.481 e. The number of carbonyl (C=O) groups excluding carboxylic acids is 1. The normalized spacial score (nSPS) is 19.2. The molecule has 0 saturated heterocycles. The number of carbonyl (C=O) groups is 2. The van der Waals surface area contributed by atoms with Crippen molar-refractivity contribution < 1.29 is 14.7 Å². The average molecular weight is 350 g/mol. The number of fused-ring (bicyclic) bond motifs is 1. The number of ketones is 1. The third-order valence-corrected chi connectivity index (χ3v) is 5.57. The van der Waals surface area contributed by atoms with Gasteiger partial charge in [-0.1, -0.05) is 68.3 Å². The Hall–Kier alpha value is -2.42. The van der Waals surface area contributed by atoms with Crippen LogP contribution in [0.25, 0.3) is 11.1 Å². The monoisotopic (exact) mass is 350 g/mol. The Morgan fingerprint density at radius 3 is 2.54 bits per heavy atom. The molecular weight excluding hydrogens is 324 g/mol. The summed E-state index contributed by atoms with van der Waals surface area (Å²) in [5.41, 5.74) is 4.04. The number of Topliss-reactive ketones (excluding diaryl/α,β-unsaturated/α-hetero) is 1. The molecule has 1 aliphatic rings. The van der Waals surface area contributed by atoms with E-state index >= 15 is 0 Å². The minimum absolute atomic E-state index is 0.218. The van der Waals surface area contributed by atoms with Gasteiger partial charge >= 0.3 is 5.97 Å². The molecule has 0 saturated carbocycles. The molecule has 0 aromatic heterocycles. The molecule has 1 aliphatic carbocycles. The number of carboxylic acid groups (broad SMARTS) is 1. The predicted molar refractivity (Wildman–Crippen MR) is 103 cm³/mol. The van der Waals surface area contributed by atoms with Gasteiger partial charge in [-0.2, -0.15) is 0 Å². The highest BCUT2D eigenvalue weighted by Crippen LogP contribution is 2.40. The second kappa shape index (κ2) is 7.86. The molecule has 0 fully saturated rings. The summed E-state index contributed by atoms with van der Waals surface area (Å²) in [5, 5.41) is 8.71. The molecule has 0 radical (unpaired) electrons. The molecule has 0 aliphatic heterocycles. The van der Waals surface area contributed by atoms with E-state index in [-0.39, 0.29) is 17.6 Å². The molecule has 0 heterocycles. The van der Waals surface area contributed by atoms with E-state index in [4.69, 9.17) is 5.11 Å². The van der Waals surface area contributed by atoms with Gasteiger partial charge in [-0.3, -0.25) is 9.59 Å². The van der Waals surface area contributed by atoms with Crippen LogP contribution in [-0.2, 0) is 11.2 Å². The number of carboxylic acids is 1. The summed E-state index contributed by atoms with van der Waals surface area (Å²) < 4.78 is 0. The second-order valence-electron chi connectivity index (χ2n) is 7.58. The van der Waals surface area contributed by atoms with Crippen LogP contribution in [0, 0.1) is 5.41 Å². The van der Waals surface area contributed by atoms with Crippen LogP contribution in [0.1, 0.15) is 61.4 Å². The van der Waals surface area contributed by atoms with E-state index in [2.05, 4.69) is 25.1 Å². The van der Waals surface area contributed by atoms with Gasteiger partial charge in [-0.25, -0.2) is 0 Å². The molecule has 26 heavy (non-hydrogen) atoms. The third-order valence-electron chi connectivity index (χ3n) is 5.57. The lowest BCUT2D eigenvalue weighted by atomic mass is 9.69. The van der Waals surface area contributed by atoms with Gasteiger partial charge in [0.25, 0.3) is 0 Å². The van der Waals surface area contributed by atoms with Crippen LogP contribution >= 0.6 is 0 Å². The lowest BCUT2D eigenvalue weighted by Gasteiger charge is -2.33. The molecule has 0 spiro atoms. The molecule has 1 unspecified atom stereocenters. The van der Waals surface area contributed by atoms with Gasteiger partial charge in [0.2, 0.25) is 0 Å². The summed E-state index contributed by atoms with van der Waals surface area (Å²) in [5.74, 6) is -0.496. The van der Waals surface area contributed by atoms with Crippen LogP contribution < -0.4 is 0 Å². The highest BCUT2D eigenvalue weighted by Gasteiger charge is 2.37. The van der Waals surface area contributed by atoms with Gasteiger partial charge in [-0.15, -0.1) is 0 Å². The lowest BCUT2D eigenvalue weighted by molar-refractivity contribution is -0.137. The zero-order valence-corrected chi connectivity index (χ0v) is 15.3. The van der Waals surface area contributed by atoms with Crippen LogP contribution in [0.4, 0.5) is 0 Å². The van der Waals surface area contributed by atoms with Crippen LogP contribution in [0.2, 0.25) is 0 Å². The van der Waals surface area contributed by atoms with Gasteiger partial charge in [-0.05, 0) is 42.4 Å². The fourth-order valence-corrected chi connectivity index (χ4v) is 3.89. The zero-order chi connectivity index (χ0) is 18.6. The lowest BCUT2D eigenvalue weighted by Crippen LogP contribution is -2.33. The molecular formula is C23H26O3. The molecule has 1 N–H and O–H groups in total. The van der Waals surface area contributed by atoms with Gasteiger partial charge < -0.3 is 5.11 Å². The van der Waals surface area contributed by atoms with Crippen molar-refractivity contribution in [1.29, 1.82) is 0 Å². The molecule has 1 atom stereocenters. The van der Waals surface area contributed by atoms with Crippen molar-refractivity contribution in [3.8, 4) is 11.1 Å². The van der Waals surface area contributed by atoms with Gasteiger partial charge in [0.15, 0.2) is 5.78 Å². The maximum Gasteiger partial charge on any atom is 0.303 e. The minimum atomic E-state index is -0.742. The van der Waals surface area contributed by atoms with Crippen LogP contribution in [0.3, 0.4) is 0 Å². The molecule has 0 bridgehead atoms. The fraction of sp³-hybridized carbons (Fsp3) is 0.391. The molecule has 0 amide bonds. The van der Waals surface area contributed by atoms with Crippen molar-refractivity contribution in [2.75, 3.05) is 0 Å². The number of hydrogen-bond acceptors (Lipinski definition) is 2. The Morgan fingerprint density at radius 1 is 1.04 bits per heavy atom. The minimum Gasteiger partial charge on any atom is -0.481 e. The topological polar surface area (TPSA) is 54.4 Å².